The fourth-order valence-corrected chi connectivity index (χ4v) is 2.45. The van der Waals surface area contributed by atoms with Crippen LogP contribution in [0.4, 0.5) is 0 Å². The van der Waals surface area contributed by atoms with Crippen molar-refractivity contribution in [2.75, 3.05) is 19.7 Å². The molecular weight excluding hydrogens is 306 g/mol. The van der Waals surface area contributed by atoms with E-state index in [4.69, 9.17) is 14.7 Å². The molecule has 6 nitrogen and oxygen atoms in total. The monoisotopic (exact) mass is 323 g/mol. The molecule has 122 valence electrons. The first kappa shape index (κ1) is 15.8. The van der Waals surface area contributed by atoms with Crippen molar-refractivity contribution in [2.24, 2.45) is 0 Å². The molecule has 0 N–H and O–H groups in total. The Morgan fingerprint density at radius 2 is 2.08 bits per heavy atom. The normalized spacial score (nSPS) is 13.8. The maximum Gasteiger partial charge on any atom is 0.254 e. The van der Waals surface area contributed by atoms with Gasteiger partial charge in [0.1, 0.15) is 23.5 Å². The van der Waals surface area contributed by atoms with Crippen LogP contribution in [-0.2, 0) is 0 Å². The van der Waals surface area contributed by atoms with Gasteiger partial charge in [-0.25, -0.2) is 4.98 Å². The van der Waals surface area contributed by atoms with Crippen LogP contribution in [0.25, 0.3) is 0 Å². The van der Waals surface area contributed by atoms with Gasteiger partial charge < -0.3 is 14.4 Å². The predicted molar refractivity (Wildman–Crippen MR) is 86.9 cm³/mol. The number of hydrogen-bond acceptors (Lipinski definition) is 5. The molecule has 1 aromatic carbocycles. The van der Waals surface area contributed by atoms with Crippen molar-refractivity contribution in [3.63, 3.8) is 0 Å². The van der Waals surface area contributed by atoms with Crippen molar-refractivity contribution in [3.8, 4) is 17.7 Å². The summed E-state index contributed by atoms with van der Waals surface area (Å²) in [5.41, 5.74) is 1.02. The Labute approximate surface area is 140 Å². The second-order valence-corrected chi connectivity index (χ2v) is 5.38. The minimum absolute atomic E-state index is 0.0422. The number of likely N-dealkylation sites (tertiary alicyclic amines) is 1. The highest BCUT2D eigenvalue weighted by atomic mass is 16.5. The smallest absolute Gasteiger partial charge is 0.254 e. The number of hydrogen-bond donors (Lipinski definition) is 0. The molecule has 0 bridgehead atoms. The molecule has 1 amide bonds. The molecule has 0 spiro atoms. The van der Waals surface area contributed by atoms with Crippen molar-refractivity contribution in [1.29, 1.82) is 5.26 Å². The molecule has 2 heterocycles. The molecule has 1 fully saturated rings. The standard InChI is InChI=1S/C18H17N3O3/c1-2-23-15-7-5-13(6-8-15)18(22)21-11-16(12-21)24-17-14(10-19)4-3-9-20-17/h3-9,16H,2,11-12H2,1H3. The van der Waals surface area contributed by atoms with E-state index >= 15 is 0 Å². The molecule has 3 rings (SSSR count). The minimum atomic E-state index is -0.140. The van der Waals surface area contributed by atoms with Gasteiger partial charge in [0.15, 0.2) is 0 Å². The van der Waals surface area contributed by atoms with Crippen molar-refractivity contribution in [3.05, 3.63) is 53.7 Å². The third kappa shape index (κ3) is 3.30. The molecule has 0 saturated carbocycles. The first-order valence-electron chi connectivity index (χ1n) is 7.75. The second-order valence-electron chi connectivity index (χ2n) is 5.38. The molecular formula is C18H17N3O3. The Balaban J connectivity index is 1.56. The third-order valence-electron chi connectivity index (χ3n) is 3.72. The van der Waals surface area contributed by atoms with Gasteiger partial charge in [-0.2, -0.15) is 5.26 Å². The van der Waals surface area contributed by atoms with Gasteiger partial charge in [0, 0.05) is 11.8 Å². The number of carbonyl (C=O) groups excluding carboxylic acids is 1. The van der Waals surface area contributed by atoms with Gasteiger partial charge in [0.25, 0.3) is 5.91 Å². The lowest BCUT2D eigenvalue weighted by Crippen LogP contribution is -2.56. The molecule has 0 aliphatic carbocycles. The lowest BCUT2D eigenvalue weighted by atomic mass is 10.1. The lowest BCUT2D eigenvalue weighted by molar-refractivity contribution is 0.0159. The van der Waals surface area contributed by atoms with Crippen LogP contribution in [0.5, 0.6) is 11.6 Å². The van der Waals surface area contributed by atoms with Gasteiger partial charge in [0.05, 0.1) is 19.7 Å². The number of nitriles is 1. The summed E-state index contributed by atoms with van der Waals surface area (Å²) in [4.78, 5) is 18.1. The number of aromatic nitrogens is 1. The molecule has 1 aliphatic rings. The number of ether oxygens (including phenoxy) is 2. The first-order chi connectivity index (χ1) is 11.7. The van der Waals surface area contributed by atoms with E-state index in [2.05, 4.69) is 4.98 Å². The van der Waals surface area contributed by atoms with Gasteiger partial charge in [-0.1, -0.05) is 0 Å². The Kier molecular flexibility index (Phi) is 4.62. The van der Waals surface area contributed by atoms with E-state index in [1.165, 1.54) is 0 Å². The van der Waals surface area contributed by atoms with Crippen molar-refractivity contribution < 1.29 is 14.3 Å². The molecule has 0 atom stereocenters. The minimum Gasteiger partial charge on any atom is -0.494 e. The Morgan fingerprint density at radius 3 is 2.75 bits per heavy atom. The summed E-state index contributed by atoms with van der Waals surface area (Å²) in [5.74, 6) is 1.02. The van der Waals surface area contributed by atoms with Gasteiger partial charge in [0.2, 0.25) is 5.88 Å². The van der Waals surface area contributed by atoms with Crippen molar-refractivity contribution in [2.45, 2.75) is 13.0 Å². The Hall–Kier alpha value is -3.07. The van der Waals surface area contributed by atoms with Crippen LogP contribution < -0.4 is 9.47 Å². The van der Waals surface area contributed by atoms with Crippen LogP contribution in [0.3, 0.4) is 0 Å². The van der Waals surface area contributed by atoms with E-state index in [0.717, 1.165) is 5.75 Å². The summed E-state index contributed by atoms with van der Waals surface area (Å²) in [7, 11) is 0. The summed E-state index contributed by atoms with van der Waals surface area (Å²) in [6, 6.07) is 12.5. The second kappa shape index (κ2) is 7.01. The fraction of sp³-hybridized carbons (Fsp3) is 0.278. The SMILES string of the molecule is CCOc1ccc(C(=O)N2CC(Oc3ncccc3C#N)C2)cc1. The molecule has 2 aromatic rings. The zero-order valence-electron chi connectivity index (χ0n) is 13.3. The lowest BCUT2D eigenvalue weighted by Gasteiger charge is -2.38. The zero-order valence-corrected chi connectivity index (χ0v) is 13.3. The van der Waals surface area contributed by atoms with E-state index in [0.29, 0.717) is 36.7 Å². The molecule has 1 aliphatic heterocycles. The summed E-state index contributed by atoms with van der Waals surface area (Å²) < 4.78 is 11.1. The number of carbonyl (C=O) groups is 1. The van der Waals surface area contributed by atoms with Gasteiger partial charge in [-0.05, 0) is 43.3 Å². The molecule has 6 heteroatoms. The summed E-state index contributed by atoms with van der Waals surface area (Å²) >= 11 is 0. The molecule has 0 unspecified atom stereocenters. The number of rotatable bonds is 5. The summed E-state index contributed by atoms with van der Waals surface area (Å²) in [6.45, 7) is 3.47. The van der Waals surface area contributed by atoms with E-state index < -0.39 is 0 Å². The van der Waals surface area contributed by atoms with Gasteiger partial charge >= 0.3 is 0 Å². The van der Waals surface area contributed by atoms with E-state index in [-0.39, 0.29) is 12.0 Å². The Bertz CT molecular complexity index is 762. The van der Waals surface area contributed by atoms with E-state index in [1.807, 2.05) is 13.0 Å². The largest absolute Gasteiger partial charge is 0.494 e. The number of amides is 1. The zero-order chi connectivity index (χ0) is 16.9. The molecule has 0 radical (unpaired) electrons. The van der Waals surface area contributed by atoms with Crippen molar-refractivity contribution in [1.82, 2.24) is 9.88 Å². The maximum atomic E-state index is 12.4. The highest BCUT2D eigenvalue weighted by Crippen LogP contribution is 2.21. The summed E-state index contributed by atoms with van der Waals surface area (Å²) in [6.07, 6.45) is 1.44. The predicted octanol–water partition coefficient (Wildman–Crippen LogP) is 2.26. The quantitative estimate of drug-likeness (QED) is 0.843. The van der Waals surface area contributed by atoms with Crippen molar-refractivity contribution >= 4 is 5.91 Å². The number of pyridine rings is 1. The molecule has 1 aromatic heterocycles. The molecule has 1 saturated heterocycles. The van der Waals surface area contributed by atoms with Crippen LogP contribution in [-0.4, -0.2) is 41.6 Å². The van der Waals surface area contributed by atoms with Crippen LogP contribution in [0.15, 0.2) is 42.6 Å². The number of benzene rings is 1. The highest BCUT2D eigenvalue weighted by Gasteiger charge is 2.33. The topological polar surface area (TPSA) is 75.4 Å². The van der Waals surface area contributed by atoms with Crippen LogP contribution in [0.2, 0.25) is 0 Å². The number of nitrogens with zero attached hydrogens (tertiary/aromatic N) is 3. The molecule has 24 heavy (non-hydrogen) atoms. The Morgan fingerprint density at radius 1 is 1.33 bits per heavy atom. The van der Waals surface area contributed by atoms with Gasteiger partial charge in [-0.15, -0.1) is 0 Å². The van der Waals surface area contributed by atoms with Crippen LogP contribution in [0.1, 0.15) is 22.8 Å². The van der Waals surface area contributed by atoms with Crippen LogP contribution in [0, 0.1) is 11.3 Å². The highest BCUT2D eigenvalue weighted by molar-refractivity contribution is 5.94. The summed E-state index contributed by atoms with van der Waals surface area (Å²) in [5, 5.41) is 9.03. The first-order valence-corrected chi connectivity index (χ1v) is 7.75. The van der Waals surface area contributed by atoms with E-state index in [1.54, 1.807) is 47.5 Å². The average Bonchev–Trinajstić information content (AvgIpc) is 2.58. The average molecular weight is 323 g/mol. The fourth-order valence-electron chi connectivity index (χ4n) is 2.45. The van der Waals surface area contributed by atoms with Crippen LogP contribution >= 0.6 is 0 Å². The maximum absolute atomic E-state index is 12.4. The van der Waals surface area contributed by atoms with Gasteiger partial charge in [-0.3, -0.25) is 4.79 Å². The third-order valence-corrected chi connectivity index (χ3v) is 3.72. The van der Waals surface area contributed by atoms with E-state index in [9.17, 15) is 4.79 Å².